The topological polar surface area (TPSA) is 90.3 Å². The number of rotatable bonds is 4. The molecule has 0 saturated carbocycles. The second-order valence-electron chi connectivity index (χ2n) is 6.59. The predicted octanol–water partition coefficient (Wildman–Crippen LogP) is 2.31. The van der Waals surface area contributed by atoms with Gasteiger partial charge >= 0.3 is 0 Å². The zero-order chi connectivity index (χ0) is 19.9. The molecule has 4 rings (SSSR count). The van der Waals surface area contributed by atoms with E-state index in [-0.39, 0.29) is 22.9 Å². The van der Waals surface area contributed by atoms with Crippen molar-refractivity contribution in [3.63, 3.8) is 0 Å². The highest BCUT2D eigenvalue weighted by molar-refractivity contribution is 7.90. The van der Waals surface area contributed by atoms with E-state index in [9.17, 15) is 13.2 Å². The van der Waals surface area contributed by atoms with Crippen molar-refractivity contribution < 1.29 is 17.9 Å². The van der Waals surface area contributed by atoms with Gasteiger partial charge in [0.05, 0.1) is 23.5 Å². The van der Waals surface area contributed by atoms with Gasteiger partial charge in [-0.2, -0.15) is 5.10 Å². The summed E-state index contributed by atoms with van der Waals surface area (Å²) in [5.74, 6) is 0.0497. The monoisotopic (exact) mass is 397 g/mol. The van der Waals surface area contributed by atoms with Gasteiger partial charge in [0, 0.05) is 24.7 Å². The maximum atomic E-state index is 12.8. The average molecular weight is 397 g/mol. The normalized spacial score (nSPS) is 14.1. The summed E-state index contributed by atoms with van der Waals surface area (Å²) in [6, 6.07) is 14.2. The maximum Gasteiger partial charge on any atom is 0.272 e. The van der Waals surface area contributed by atoms with Gasteiger partial charge in [-0.3, -0.25) is 9.48 Å². The van der Waals surface area contributed by atoms with Crippen LogP contribution in [0.2, 0.25) is 0 Å². The molecular weight excluding hydrogens is 378 g/mol. The van der Waals surface area contributed by atoms with E-state index in [0.717, 1.165) is 5.56 Å². The number of carbonyl (C=O) groups is 1. The fourth-order valence-electron chi connectivity index (χ4n) is 3.47. The molecule has 144 valence electrons. The van der Waals surface area contributed by atoms with E-state index in [2.05, 4.69) is 10.4 Å². The summed E-state index contributed by atoms with van der Waals surface area (Å²) in [5.41, 5.74) is 2.68. The lowest BCUT2D eigenvalue weighted by molar-refractivity contribution is 0.0944. The van der Waals surface area contributed by atoms with E-state index < -0.39 is 15.7 Å². The number of aromatic nitrogens is 2. The molecule has 2 heterocycles. The summed E-state index contributed by atoms with van der Waals surface area (Å²) >= 11 is 0. The summed E-state index contributed by atoms with van der Waals surface area (Å²) in [6.45, 7) is 0.282. The van der Waals surface area contributed by atoms with Crippen LogP contribution in [0.15, 0.2) is 53.4 Å². The Morgan fingerprint density at radius 3 is 2.79 bits per heavy atom. The summed E-state index contributed by atoms with van der Waals surface area (Å²) in [4.78, 5) is 13.0. The number of hydrogen-bond donors (Lipinski definition) is 1. The lowest BCUT2D eigenvalue weighted by atomic mass is 10.1. The number of aryl methyl sites for hydroxylation is 1. The van der Waals surface area contributed by atoms with Crippen LogP contribution in [0.25, 0.3) is 11.3 Å². The molecule has 0 radical (unpaired) electrons. The minimum atomic E-state index is -3.52. The highest BCUT2D eigenvalue weighted by atomic mass is 32.2. The lowest BCUT2D eigenvalue weighted by Crippen LogP contribution is -2.25. The third kappa shape index (κ3) is 3.05. The molecule has 1 aliphatic heterocycles. The van der Waals surface area contributed by atoms with Crippen LogP contribution in [-0.2, 0) is 29.2 Å². The number of ether oxygens (including phenoxy) is 1. The van der Waals surface area contributed by atoms with E-state index in [0.29, 0.717) is 22.6 Å². The Hall–Kier alpha value is -3.13. The number of methoxy groups -OCH3 is 1. The number of sulfone groups is 1. The van der Waals surface area contributed by atoms with Gasteiger partial charge in [0.15, 0.2) is 15.5 Å². The summed E-state index contributed by atoms with van der Waals surface area (Å²) < 4.78 is 32.1. The summed E-state index contributed by atoms with van der Waals surface area (Å²) in [5, 5.41) is 7.13. The van der Waals surface area contributed by atoms with Crippen molar-refractivity contribution in [3.8, 4) is 17.0 Å². The van der Waals surface area contributed by atoms with Crippen LogP contribution in [0.3, 0.4) is 0 Å². The van der Waals surface area contributed by atoms with E-state index >= 15 is 0 Å². The standard InChI is InChI=1S/C20H19N3O4S/c1-23-19-15-8-3-4-9-17(15)28(25,26)12-16(19)18(22-23)20(24)21-11-13-6-5-7-14(10-13)27-2/h3-10H,11-12H2,1-2H3,(H,21,24). The molecule has 8 heteroatoms. The van der Waals surface area contributed by atoms with Crippen LogP contribution in [0.5, 0.6) is 5.75 Å². The second kappa shape index (κ2) is 6.79. The van der Waals surface area contributed by atoms with Gasteiger partial charge in [-0.15, -0.1) is 0 Å². The Bertz CT molecular complexity index is 1180. The number of amides is 1. The molecule has 7 nitrogen and oxygen atoms in total. The quantitative estimate of drug-likeness (QED) is 0.730. The molecule has 1 aromatic heterocycles. The number of nitrogens with one attached hydrogen (secondary N) is 1. The van der Waals surface area contributed by atoms with Crippen LogP contribution in [0.1, 0.15) is 21.6 Å². The minimum absolute atomic E-state index is 0.137. The Kier molecular flexibility index (Phi) is 4.43. The minimum Gasteiger partial charge on any atom is -0.497 e. The van der Waals surface area contributed by atoms with Crippen molar-refractivity contribution in [2.24, 2.45) is 7.05 Å². The fraction of sp³-hybridized carbons (Fsp3) is 0.200. The van der Waals surface area contributed by atoms with Gasteiger partial charge in [-0.25, -0.2) is 8.42 Å². The molecule has 2 aromatic carbocycles. The van der Waals surface area contributed by atoms with Crippen molar-refractivity contribution in [1.82, 2.24) is 15.1 Å². The van der Waals surface area contributed by atoms with E-state index in [1.54, 1.807) is 43.1 Å². The molecule has 0 bridgehead atoms. The molecular formula is C20H19N3O4S. The fourth-order valence-corrected chi connectivity index (χ4v) is 5.07. The molecule has 0 saturated heterocycles. The van der Waals surface area contributed by atoms with Crippen LogP contribution in [0, 0.1) is 0 Å². The zero-order valence-corrected chi connectivity index (χ0v) is 16.3. The number of nitrogens with zero attached hydrogens (tertiary/aromatic N) is 2. The molecule has 1 aliphatic rings. The number of benzene rings is 2. The molecule has 1 amide bonds. The van der Waals surface area contributed by atoms with Gasteiger partial charge < -0.3 is 10.1 Å². The highest BCUT2D eigenvalue weighted by Crippen LogP contribution is 2.38. The van der Waals surface area contributed by atoms with Gasteiger partial charge in [-0.1, -0.05) is 30.3 Å². The Balaban J connectivity index is 1.67. The smallest absolute Gasteiger partial charge is 0.272 e. The molecule has 0 unspecified atom stereocenters. The molecule has 28 heavy (non-hydrogen) atoms. The Labute approximate surface area is 162 Å². The first-order chi connectivity index (χ1) is 13.4. The van der Waals surface area contributed by atoms with Crippen molar-refractivity contribution in [2.45, 2.75) is 17.2 Å². The Morgan fingerprint density at radius 1 is 1.21 bits per heavy atom. The van der Waals surface area contributed by atoms with E-state index in [1.165, 1.54) is 0 Å². The average Bonchev–Trinajstić information content (AvgIpc) is 3.02. The molecule has 0 aliphatic carbocycles. The van der Waals surface area contributed by atoms with Gasteiger partial charge in [0.25, 0.3) is 5.91 Å². The van der Waals surface area contributed by atoms with Crippen LogP contribution in [0.4, 0.5) is 0 Å². The zero-order valence-electron chi connectivity index (χ0n) is 15.5. The number of hydrogen-bond acceptors (Lipinski definition) is 5. The first-order valence-corrected chi connectivity index (χ1v) is 10.3. The molecule has 0 fully saturated rings. The Morgan fingerprint density at radius 2 is 2.00 bits per heavy atom. The summed E-state index contributed by atoms with van der Waals surface area (Å²) in [7, 11) is -0.230. The third-order valence-electron chi connectivity index (χ3n) is 4.76. The first-order valence-electron chi connectivity index (χ1n) is 8.70. The SMILES string of the molecule is COc1cccc(CNC(=O)c2nn(C)c3c2CS(=O)(=O)c2ccccc2-3)c1. The number of fused-ring (bicyclic) bond motifs is 3. The van der Waals surface area contributed by atoms with Gasteiger partial charge in [0.2, 0.25) is 0 Å². The van der Waals surface area contributed by atoms with E-state index in [1.807, 2.05) is 24.3 Å². The van der Waals surface area contributed by atoms with Crippen molar-refractivity contribution in [1.29, 1.82) is 0 Å². The van der Waals surface area contributed by atoms with Crippen molar-refractivity contribution in [3.05, 3.63) is 65.4 Å². The first kappa shape index (κ1) is 18.2. The van der Waals surface area contributed by atoms with Crippen molar-refractivity contribution >= 4 is 15.7 Å². The molecule has 1 N–H and O–H groups in total. The second-order valence-corrected chi connectivity index (χ2v) is 8.55. The molecule has 0 spiro atoms. The van der Waals surface area contributed by atoms with Crippen LogP contribution < -0.4 is 10.1 Å². The summed E-state index contributed by atoms with van der Waals surface area (Å²) in [6.07, 6.45) is 0. The third-order valence-corrected chi connectivity index (χ3v) is 6.45. The predicted molar refractivity (Wildman–Crippen MR) is 104 cm³/mol. The highest BCUT2D eigenvalue weighted by Gasteiger charge is 2.34. The van der Waals surface area contributed by atoms with Gasteiger partial charge in [-0.05, 0) is 23.8 Å². The molecule has 3 aromatic rings. The van der Waals surface area contributed by atoms with Crippen LogP contribution >= 0.6 is 0 Å². The van der Waals surface area contributed by atoms with Gasteiger partial charge in [0.1, 0.15) is 5.75 Å². The maximum absolute atomic E-state index is 12.8. The largest absolute Gasteiger partial charge is 0.497 e. The van der Waals surface area contributed by atoms with Crippen LogP contribution in [-0.4, -0.2) is 31.2 Å². The molecule has 0 atom stereocenters. The number of carbonyl (C=O) groups excluding carboxylic acids is 1. The van der Waals surface area contributed by atoms with Crippen molar-refractivity contribution in [2.75, 3.05) is 7.11 Å². The lowest BCUT2D eigenvalue weighted by Gasteiger charge is -2.18. The van der Waals surface area contributed by atoms with E-state index in [4.69, 9.17) is 4.74 Å².